The van der Waals surface area contributed by atoms with E-state index in [0.717, 1.165) is 0 Å². The number of rotatable bonds is 19. The van der Waals surface area contributed by atoms with Crippen LogP contribution in [-0.2, 0) is 24.0 Å². The van der Waals surface area contributed by atoms with Crippen LogP contribution in [0.4, 0.5) is 0 Å². The molecule has 0 aromatic rings. The topological polar surface area (TPSA) is 317 Å². The van der Waals surface area contributed by atoms with E-state index in [1.54, 1.807) is 13.8 Å². The van der Waals surface area contributed by atoms with Crippen molar-refractivity contribution >= 4 is 41.6 Å². The Labute approximate surface area is 226 Å². The van der Waals surface area contributed by atoms with Crippen molar-refractivity contribution < 1.29 is 34.2 Å². The first-order chi connectivity index (χ1) is 18.1. The fourth-order valence-corrected chi connectivity index (χ4v) is 3.34. The van der Waals surface area contributed by atoms with Gasteiger partial charge in [-0.15, -0.1) is 0 Å². The van der Waals surface area contributed by atoms with E-state index in [1.807, 2.05) is 0 Å². The number of hydrogen-bond acceptors (Lipinski definition) is 8. The van der Waals surface area contributed by atoms with Gasteiger partial charge >= 0.3 is 11.9 Å². The lowest BCUT2D eigenvalue weighted by molar-refractivity contribution is -0.142. The van der Waals surface area contributed by atoms with E-state index in [2.05, 4.69) is 25.9 Å². The molecule has 3 amide bonds. The Hall–Kier alpha value is -4.15. The SMILES string of the molecule is CC(C)CC(NC(=O)C(N)CC(=O)O)C(=O)NC(CCCN=C(N)N)C(=O)NC(CCCN=C(N)N)C(=O)O. The minimum Gasteiger partial charge on any atom is -0.481 e. The van der Waals surface area contributed by atoms with Crippen molar-refractivity contribution in [3.8, 4) is 0 Å². The smallest absolute Gasteiger partial charge is 0.326 e. The monoisotopic (exact) mass is 558 g/mol. The van der Waals surface area contributed by atoms with Gasteiger partial charge in [0.15, 0.2) is 11.9 Å². The molecule has 4 unspecified atom stereocenters. The van der Waals surface area contributed by atoms with Crippen molar-refractivity contribution in [2.24, 2.45) is 44.6 Å². The number of aliphatic imine (C=N–C) groups is 2. The van der Waals surface area contributed by atoms with Crippen LogP contribution in [-0.4, -0.2) is 89.0 Å². The van der Waals surface area contributed by atoms with Gasteiger partial charge in [0.1, 0.15) is 18.1 Å². The van der Waals surface area contributed by atoms with Crippen LogP contribution in [0.3, 0.4) is 0 Å². The first-order valence-corrected chi connectivity index (χ1v) is 12.4. The molecule has 0 saturated heterocycles. The minimum absolute atomic E-state index is 0.0139. The molecular formula is C22H42N10O7. The van der Waals surface area contributed by atoms with Gasteiger partial charge in [0, 0.05) is 13.1 Å². The number of carbonyl (C=O) groups excluding carboxylic acids is 3. The average molecular weight is 559 g/mol. The summed E-state index contributed by atoms with van der Waals surface area (Å²) >= 11 is 0. The maximum atomic E-state index is 13.1. The van der Waals surface area contributed by atoms with Crippen molar-refractivity contribution in [1.29, 1.82) is 0 Å². The maximum Gasteiger partial charge on any atom is 0.326 e. The summed E-state index contributed by atoms with van der Waals surface area (Å²) in [5, 5.41) is 25.8. The minimum atomic E-state index is -1.39. The summed E-state index contributed by atoms with van der Waals surface area (Å²) in [7, 11) is 0. The molecule has 39 heavy (non-hydrogen) atoms. The summed E-state index contributed by atoms with van der Waals surface area (Å²) in [6.45, 7) is 3.88. The summed E-state index contributed by atoms with van der Waals surface area (Å²) < 4.78 is 0. The van der Waals surface area contributed by atoms with Crippen LogP contribution < -0.4 is 44.6 Å². The molecule has 0 aromatic carbocycles. The van der Waals surface area contributed by atoms with Crippen LogP contribution in [0.25, 0.3) is 0 Å². The van der Waals surface area contributed by atoms with Crippen molar-refractivity contribution in [2.45, 2.75) is 76.5 Å². The number of nitrogens with one attached hydrogen (secondary N) is 3. The van der Waals surface area contributed by atoms with Gasteiger partial charge in [0.05, 0.1) is 12.5 Å². The number of carboxylic acid groups (broad SMARTS) is 2. The second-order valence-electron chi connectivity index (χ2n) is 9.25. The highest BCUT2D eigenvalue weighted by Gasteiger charge is 2.30. The molecule has 17 heteroatoms. The third kappa shape index (κ3) is 16.3. The van der Waals surface area contributed by atoms with Gasteiger partial charge in [0.2, 0.25) is 17.7 Å². The van der Waals surface area contributed by atoms with Gasteiger partial charge in [-0.3, -0.25) is 29.2 Å². The van der Waals surface area contributed by atoms with Gasteiger partial charge in [-0.1, -0.05) is 13.8 Å². The van der Waals surface area contributed by atoms with Crippen LogP contribution in [0, 0.1) is 5.92 Å². The second-order valence-corrected chi connectivity index (χ2v) is 9.25. The fourth-order valence-electron chi connectivity index (χ4n) is 3.34. The first kappa shape index (κ1) is 34.9. The fraction of sp³-hybridized carbons (Fsp3) is 0.682. The van der Waals surface area contributed by atoms with E-state index in [-0.39, 0.29) is 63.0 Å². The molecule has 0 rings (SSSR count). The Kier molecular flexibility index (Phi) is 16.2. The van der Waals surface area contributed by atoms with Crippen molar-refractivity contribution in [3.05, 3.63) is 0 Å². The van der Waals surface area contributed by atoms with Gasteiger partial charge < -0.3 is 54.8 Å². The van der Waals surface area contributed by atoms with E-state index in [9.17, 15) is 29.1 Å². The summed E-state index contributed by atoms with van der Waals surface area (Å²) in [6.07, 6.45) is 0.0776. The molecule has 0 aromatic heterocycles. The molecule has 17 nitrogen and oxygen atoms in total. The summed E-state index contributed by atoms with van der Waals surface area (Å²) in [5.41, 5.74) is 26.7. The number of amides is 3. The van der Waals surface area contributed by atoms with Gasteiger partial charge in [-0.25, -0.2) is 4.79 Å². The number of nitrogens with two attached hydrogens (primary N) is 5. The molecule has 4 atom stereocenters. The largest absolute Gasteiger partial charge is 0.481 e. The Morgan fingerprint density at radius 2 is 1.15 bits per heavy atom. The molecule has 0 bridgehead atoms. The molecule has 0 spiro atoms. The lowest BCUT2D eigenvalue weighted by atomic mass is 10.0. The van der Waals surface area contributed by atoms with E-state index in [1.165, 1.54) is 0 Å². The zero-order valence-corrected chi connectivity index (χ0v) is 22.3. The van der Waals surface area contributed by atoms with E-state index in [0.29, 0.717) is 0 Å². The van der Waals surface area contributed by atoms with E-state index >= 15 is 0 Å². The summed E-state index contributed by atoms with van der Waals surface area (Å²) in [6, 6.07) is -5.02. The molecule has 0 aliphatic rings. The quantitative estimate of drug-likeness (QED) is 0.0419. The second kappa shape index (κ2) is 18.2. The van der Waals surface area contributed by atoms with Crippen LogP contribution in [0.15, 0.2) is 9.98 Å². The Bertz CT molecular complexity index is 902. The Morgan fingerprint density at radius 3 is 1.59 bits per heavy atom. The predicted molar refractivity (Wildman–Crippen MR) is 143 cm³/mol. The normalized spacial score (nSPS) is 13.7. The van der Waals surface area contributed by atoms with Gasteiger partial charge in [-0.05, 0) is 38.0 Å². The molecular weight excluding hydrogens is 516 g/mol. The maximum absolute atomic E-state index is 13.1. The number of hydrogen-bond donors (Lipinski definition) is 10. The van der Waals surface area contributed by atoms with E-state index in [4.69, 9.17) is 33.8 Å². The van der Waals surface area contributed by atoms with Crippen molar-refractivity contribution in [1.82, 2.24) is 16.0 Å². The highest BCUT2D eigenvalue weighted by Crippen LogP contribution is 2.09. The molecule has 0 aliphatic carbocycles. The van der Waals surface area contributed by atoms with Gasteiger partial charge in [0.25, 0.3) is 0 Å². The molecule has 0 radical (unpaired) electrons. The highest BCUT2D eigenvalue weighted by atomic mass is 16.4. The Morgan fingerprint density at radius 1 is 0.718 bits per heavy atom. The standard InChI is InChI=1S/C22H42N10O7/c1-11(2)9-15(32-17(35)12(23)10-16(33)34)19(37)30-13(5-3-7-28-21(24)25)18(36)31-14(20(38)39)6-4-8-29-22(26)27/h11-15H,3-10,23H2,1-2H3,(H,30,37)(H,31,36)(H,32,35)(H,33,34)(H,38,39)(H4,24,25,28)(H4,26,27,29). The Balaban J connectivity index is 5.66. The molecule has 0 saturated carbocycles. The molecule has 0 fully saturated rings. The molecule has 222 valence electrons. The van der Waals surface area contributed by atoms with E-state index < -0.39 is 60.2 Å². The first-order valence-electron chi connectivity index (χ1n) is 12.4. The highest BCUT2D eigenvalue weighted by molar-refractivity contribution is 5.94. The predicted octanol–water partition coefficient (Wildman–Crippen LogP) is -3.52. The zero-order valence-electron chi connectivity index (χ0n) is 22.3. The lowest BCUT2D eigenvalue weighted by Gasteiger charge is -2.26. The number of guanidine groups is 2. The number of carboxylic acids is 2. The lowest BCUT2D eigenvalue weighted by Crippen LogP contribution is -2.57. The molecule has 15 N–H and O–H groups in total. The van der Waals surface area contributed by atoms with Crippen LogP contribution in [0.1, 0.15) is 52.4 Å². The van der Waals surface area contributed by atoms with Crippen molar-refractivity contribution in [3.63, 3.8) is 0 Å². The van der Waals surface area contributed by atoms with Crippen LogP contribution in [0.5, 0.6) is 0 Å². The average Bonchev–Trinajstić information content (AvgIpc) is 2.80. The number of nitrogens with zero attached hydrogens (tertiary/aromatic N) is 2. The van der Waals surface area contributed by atoms with Crippen molar-refractivity contribution in [2.75, 3.05) is 13.1 Å². The van der Waals surface area contributed by atoms with Crippen LogP contribution >= 0.6 is 0 Å². The third-order valence-electron chi connectivity index (χ3n) is 5.21. The van der Waals surface area contributed by atoms with Gasteiger partial charge in [-0.2, -0.15) is 0 Å². The zero-order chi connectivity index (χ0) is 30.1. The number of carbonyl (C=O) groups is 5. The molecule has 0 aliphatic heterocycles. The summed E-state index contributed by atoms with van der Waals surface area (Å²) in [4.78, 5) is 68.7. The number of aliphatic carboxylic acids is 2. The molecule has 0 heterocycles. The third-order valence-corrected chi connectivity index (χ3v) is 5.21. The summed E-state index contributed by atoms with van der Waals surface area (Å²) in [5.74, 6) is -5.33. The van der Waals surface area contributed by atoms with Crippen LogP contribution in [0.2, 0.25) is 0 Å².